The van der Waals surface area contributed by atoms with Crippen LogP contribution in [0.2, 0.25) is 0 Å². The molecule has 1 rings (SSSR count). The van der Waals surface area contributed by atoms with Crippen LogP contribution in [0.3, 0.4) is 0 Å². The van der Waals surface area contributed by atoms with Gasteiger partial charge in [-0.15, -0.1) is 0 Å². The molecular formula is C11H15NO4. The molecule has 0 aliphatic carbocycles. The quantitative estimate of drug-likeness (QED) is 0.501. The lowest BCUT2D eigenvalue weighted by molar-refractivity contribution is -0.166. The van der Waals surface area contributed by atoms with Crippen molar-refractivity contribution in [3.05, 3.63) is 29.8 Å². The lowest BCUT2D eigenvalue weighted by Crippen LogP contribution is -2.36. The standard InChI is InChI=1S/C11H15NO4/c1-7(13)16-11(15)9(12)6-8-4-2-3-5-10(8)14/h2-5,7,9,13-14H,6,12H2,1H3. The molecule has 0 fully saturated rings. The minimum absolute atomic E-state index is 0.0859. The molecule has 0 saturated carbocycles. The third-order valence-corrected chi connectivity index (χ3v) is 2.02. The van der Waals surface area contributed by atoms with Gasteiger partial charge in [0.05, 0.1) is 0 Å². The molecule has 16 heavy (non-hydrogen) atoms. The molecule has 2 atom stereocenters. The number of esters is 1. The first kappa shape index (κ1) is 12.5. The maximum Gasteiger partial charge on any atom is 0.325 e. The molecule has 2 unspecified atom stereocenters. The number of phenolic OH excluding ortho intramolecular Hbond substituents is 1. The fraction of sp³-hybridized carbons (Fsp3) is 0.364. The molecule has 0 aliphatic heterocycles. The van der Waals surface area contributed by atoms with Gasteiger partial charge in [-0.3, -0.25) is 4.79 Å². The van der Waals surface area contributed by atoms with Gasteiger partial charge in [-0.2, -0.15) is 0 Å². The first-order chi connectivity index (χ1) is 7.50. The van der Waals surface area contributed by atoms with E-state index in [9.17, 15) is 9.90 Å². The van der Waals surface area contributed by atoms with E-state index in [4.69, 9.17) is 10.8 Å². The minimum Gasteiger partial charge on any atom is -0.508 e. The highest BCUT2D eigenvalue weighted by atomic mass is 16.6. The van der Waals surface area contributed by atoms with Gasteiger partial charge in [-0.25, -0.2) is 0 Å². The van der Waals surface area contributed by atoms with Gasteiger partial charge in [0, 0.05) is 6.42 Å². The zero-order valence-electron chi connectivity index (χ0n) is 8.96. The first-order valence-electron chi connectivity index (χ1n) is 4.91. The first-order valence-corrected chi connectivity index (χ1v) is 4.91. The van der Waals surface area contributed by atoms with Crippen LogP contribution in [0.15, 0.2) is 24.3 Å². The fourth-order valence-electron chi connectivity index (χ4n) is 1.26. The number of nitrogens with two attached hydrogens (primary N) is 1. The summed E-state index contributed by atoms with van der Waals surface area (Å²) in [6.07, 6.45) is -1.01. The van der Waals surface area contributed by atoms with E-state index in [1.807, 2.05) is 0 Å². The molecule has 1 aromatic carbocycles. The molecule has 5 heteroatoms. The number of ether oxygens (including phenoxy) is 1. The summed E-state index contributed by atoms with van der Waals surface area (Å²) < 4.78 is 4.53. The van der Waals surface area contributed by atoms with Crippen LogP contribution in [0.25, 0.3) is 0 Å². The second kappa shape index (κ2) is 5.48. The molecule has 0 radical (unpaired) electrons. The molecule has 1 aromatic rings. The zero-order chi connectivity index (χ0) is 12.1. The molecule has 0 aliphatic rings. The number of carbonyl (C=O) groups excluding carboxylic acids is 1. The topological polar surface area (TPSA) is 92.8 Å². The van der Waals surface area contributed by atoms with Crippen molar-refractivity contribution in [1.29, 1.82) is 0 Å². The summed E-state index contributed by atoms with van der Waals surface area (Å²) >= 11 is 0. The van der Waals surface area contributed by atoms with E-state index in [1.165, 1.54) is 13.0 Å². The predicted molar refractivity (Wildman–Crippen MR) is 57.6 cm³/mol. The van der Waals surface area contributed by atoms with Crippen molar-refractivity contribution in [2.45, 2.75) is 25.7 Å². The summed E-state index contributed by atoms with van der Waals surface area (Å²) in [5.74, 6) is -0.610. The number of phenols is 1. The van der Waals surface area contributed by atoms with Crippen molar-refractivity contribution >= 4 is 5.97 Å². The SMILES string of the molecule is CC(O)OC(=O)C(N)Cc1ccccc1O. The van der Waals surface area contributed by atoms with Gasteiger partial charge >= 0.3 is 5.97 Å². The zero-order valence-corrected chi connectivity index (χ0v) is 8.96. The molecule has 5 nitrogen and oxygen atoms in total. The maximum absolute atomic E-state index is 11.3. The summed E-state index contributed by atoms with van der Waals surface area (Å²) in [4.78, 5) is 11.3. The van der Waals surface area contributed by atoms with Crippen molar-refractivity contribution in [3.63, 3.8) is 0 Å². The van der Waals surface area contributed by atoms with Crippen molar-refractivity contribution < 1.29 is 19.7 Å². The summed E-state index contributed by atoms with van der Waals surface area (Å²) in [5.41, 5.74) is 6.14. The Morgan fingerprint density at radius 3 is 2.69 bits per heavy atom. The third-order valence-electron chi connectivity index (χ3n) is 2.02. The maximum atomic E-state index is 11.3. The highest BCUT2D eigenvalue weighted by molar-refractivity contribution is 5.76. The average Bonchev–Trinajstić information content (AvgIpc) is 2.20. The molecule has 0 heterocycles. The van der Waals surface area contributed by atoms with Crippen LogP contribution in [0, 0.1) is 0 Å². The molecule has 0 spiro atoms. The number of aliphatic hydroxyl groups excluding tert-OH is 1. The van der Waals surface area contributed by atoms with Crippen LogP contribution in [-0.2, 0) is 16.0 Å². The van der Waals surface area contributed by atoms with E-state index in [-0.39, 0.29) is 12.2 Å². The molecule has 0 bridgehead atoms. The Labute approximate surface area is 93.5 Å². The second-order valence-electron chi connectivity index (χ2n) is 3.48. The van der Waals surface area contributed by atoms with Crippen molar-refractivity contribution in [2.24, 2.45) is 5.73 Å². The molecule has 0 amide bonds. The Hall–Kier alpha value is -1.59. The summed E-state index contributed by atoms with van der Waals surface area (Å²) in [7, 11) is 0. The summed E-state index contributed by atoms with van der Waals surface area (Å²) in [6.45, 7) is 1.32. The highest BCUT2D eigenvalue weighted by Crippen LogP contribution is 2.17. The monoisotopic (exact) mass is 225 g/mol. The molecule has 88 valence electrons. The fourth-order valence-corrected chi connectivity index (χ4v) is 1.26. The number of benzene rings is 1. The Bertz CT molecular complexity index is 365. The Kier molecular flexibility index (Phi) is 4.28. The minimum atomic E-state index is -1.18. The number of para-hydroxylation sites is 1. The van der Waals surface area contributed by atoms with E-state index >= 15 is 0 Å². The van der Waals surface area contributed by atoms with Gasteiger partial charge in [0.15, 0.2) is 6.29 Å². The van der Waals surface area contributed by atoms with Crippen LogP contribution in [-0.4, -0.2) is 28.5 Å². The largest absolute Gasteiger partial charge is 0.508 e. The van der Waals surface area contributed by atoms with E-state index in [1.54, 1.807) is 18.2 Å². The Morgan fingerprint density at radius 2 is 2.12 bits per heavy atom. The van der Waals surface area contributed by atoms with Crippen LogP contribution >= 0.6 is 0 Å². The Morgan fingerprint density at radius 1 is 1.50 bits per heavy atom. The van der Waals surface area contributed by atoms with Crippen LogP contribution in [0.1, 0.15) is 12.5 Å². The average molecular weight is 225 g/mol. The number of carbonyl (C=O) groups is 1. The van der Waals surface area contributed by atoms with Gasteiger partial charge in [-0.05, 0) is 18.6 Å². The predicted octanol–water partition coefficient (Wildman–Crippen LogP) is 0.143. The van der Waals surface area contributed by atoms with E-state index < -0.39 is 18.3 Å². The third kappa shape index (κ3) is 3.52. The number of hydrogen-bond acceptors (Lipinski definition) is 5. The van der Waals surface area contributed by atoms with Crippen molar-refractivity contribution in [3.8, 4) is 5.75 Å². The molecule has 4 N–H and O–H groups in total. The van der Waals surface area contributed by atoms with Gasteiger partial charge in [0.25, 0.3) is 0 Å². The summed E-state index contributed by atoms with van der Waals surface area (Å²) in [6, 6.07) is 5.70. The lowest BCUT2D eigenvalue weighted by atomic mass is 10.1. The molecule has 0 aromatic heterocycles. The van der Waals surface area contributed by atoms with Crippen molar-refractivity contribution in [2.75, 3.05) is 0 Å². The number of aliphatic hydroxyl groups is 1. The van der Waals surface area contributed by atoms with Crippen molar-refractivity contribution in [1.82, 2.24) is 0 Å². The lowest BCUT2D eigenvalue weighted by Gasteiger charge is -2.13. The normalized spacial score (nSPS) is 14.2. The highest BCUT2D eigenvalue weighted by Gasteiger charge is 2.18. The number of rotatable bonds is 4. The van der Waals surface area contributed by atoms with E-state index in [2.05, 4.69) is 4.74 Å². The molecular weight excluding hydrogens is 210 g/mol. The van der Waals surface area contributed by atoms with Crippen LogP contribution in [0.4, 0.5) is 0 Å². The smallest absolute Gasteiger partial charge is 0.325 e. The van der Waals surface area contributed by atoms with Gasteiger partial charge in [-0.1, -0.05) is 18.2 Å². The Balaban J connectivity index is 2.61. The van der Waals surface area contributed by atoms with Gasteiger partial charge in [0.1, 0.15) is 11.8 Å². The molecule has 0 saturated heterocycles. The van der Waals surface area contributed by atoms with Crippen LogP contribution in [0.5, 0.6) is 5.75 Å². The van der Waals surface area contributed by atoms with E-state index in [0.717, 1.165) is 0 Å². The van der Waals surface area contributed by atoms with Gasteiger partial charge < -0.3 is 20.7 Å². The number of aromatic hydroxyl groups is 1. The number of hydrogen-bond donors (Lipinski definition) is 3. The van der Waals surface area contributed by atoms with Gasteiger partial charge in [0.2, 0.25) is 0 Å². The van der Waals surface area contributed by atoms with Crippen LogP contribution < -0.4 is 5.73 Å². The summed E-state index contributed by atoms with van der Waals surface area (Å²) in [5, 5.41) is 18.3. The van der Waals surface area contributed by atoms with E-state index in [0.29, 0.717) is 5.56 Å². The second-order valence-corrected chi connectivity index (χ2v) is 3.48.